The van der Waals surface area contributed by atoms with Crippen LogP contribution in [0.2, 0.25) is 20.1 Å². The molecule has 0 aliphatic rings. The number of amides is 3. The maximum Gasteiger partial charge on any atom is 0.415 e. The lowest BCUT2D eigenvalue weighted by molar-refractivity contribution is -0.163. The van der Waals surface area contributed by atoms with E-state index in [2.05, 4.69) is 23.2 Å². The molecular formula is C48H55Cl5F6N4O8S2. The van der Waals surface area contributed by atoms with E-state index < -0.39 is 59.6 Å². The van der Waals surface area contributed by atoms with Crippen molar-refractivity contribution in [2.24, 2.45) is 0 Å². The molecule has 4 rings (SSSR count). The van der Waals surface area contributed by atoms with E-state index in [-0.39, 0.29) is 62.3 Å². The van der Waals surface area contributed by atoms with Crippen LogP contribution in [-0.4, -0.2) is 106 Å². The minimum absolute atomic E-state index is 0. The standard InChI is InChI=1S/C24H25Cl2F3N2O4.C16H19Cl2F3N2O.C8H7ClO3.2H2S/c1-5-12-23(16-10-11-17(25)18(26)13-16,15-30(2)21(32)14-24(27,28)29)31(3)22(33)35-20-9-7-6-8-19(20)34-4;1-4-7-15(22-2,11-5-6-12(17)13(18)8-11)10-23(3)14(24)9-16(19,20)21;1-11-6-4-2-3-5-7(6)12-8(9)10;;/h5-11,13H,1,12,14-15H2,2-4H3;4-6,8,22H,1,7,9-10H2,2-3H3;2-5H,1H3;2*1H2/t23-;15-;;;/m11.../s1. The van der Waals surface area contributed by atoms with Crippen molar-refractivity contribution in [2.75, 3.05) is 55.5 Å². The Morgan fingerprint density at radius 1 is 0.603 bits per heavy atom. The van der Waals surface area contributed by atoms with Crippen LogP contribution in [0.15, 0.2) is 110 Å². The Morgan fingerprint density at radius 3 is 1.38 bits per heavy atom. The van der Waals surface area contributed by atoms with Gasteiger partial charge in [0.15, 0.2) is 23.0 Å². The van der Waals surface area contributed by atoms with Crippen LogP contribution >= 0.6 is 85.0 Å². The van der Waals surface area contributed by atoms with Gasteiger partial charge in [-0.1, -0.05) is 95.0 Å². The molecule has 0 radical (unpaired) electrons. The molecule has 1 N–H and O–H groups in total. The number of likely N-dealkylation sites (N-methyl/N-ethyl adjacent to an activating group) is 4. The van der Waals surface area contributed by atoms with E-state index in [1.165, 1.54) is 64.5 Å². The molecule has 25 heteroatoms. The van der Waals surface area contributed by atoms with Crippen molar-refractivity contribution in [1.82, 2.24) is 20.0 Å². The number of halogens is 11. The lowest BCUT2D eigenvalue weighted by atomic mass is 9.84. The van der Waals surface area contributed by atoms with Gasteiger partial charge in [-0.15, -0.1) is 13.2 Å². The van der Waals surface area contributed by atoms with Crippen molar-refractivity contribution in [2.45, 2.75) is 49.1 Å². The Morgan fingerprint density at radius 2 is 1.00 bits per heavy atom. The third-order valence-electron chi connectivity index (χ3n) is 10.4. The molecule has 0 saturated heterocycles. The zero-order chi connectivity index (χ0) is 53.9. The highest BCUT2D eigenvalue weighted by molar-refractivity contribution is 7.59. The molecule has 404 valence electrons. The monoisotopic (exact) mass is 1170 g/mol. The first-order valence-corrected chi connectivity index (χ1v) is 22.5. The number of benzene rings is 4. The number of carbonyl (C=O) groups is 4. The number of rotatable bonds is 18. The molecular weight excluding hydrogens is 1120 g/mol. The van der Waals surface area contributed by atoms with Crippen molar-refractivity contribution in [3.8, 4) is 23.0 Å². The average molecular weight is 1170 g/mol. The Balaban J connectivity index is 0.00000118. The Hall–Kier alpha value is -4.67. The molecule has 0 spiro atoms. The predicted octanol–water partition coefficient (Wildman–Crippen LogP) is 13.4. The minimum atomic E-state index is -4.69. The molecule has 0 aromatic heterocycles. The molecule has 0 heterocycles. The van der Waals surface area contributed by atoms with E-state index in [9.17, 15) is 45.5 Å². The predicted molar refractivity (Wildman–Crippen MR) is 284 cm³/mol. The van der Waals surface area contributed by atoms with Crippen LogP contribution in [0.1, 0.15) is 36.8 Å². The fourth-order valence-electron chi connectivity index (χ4n) is 6.79. The highest BCUT2D eigenvalue weighted by Crippen LogP contribution is 2.39. The quantitative estimate of drug-likeness (QED) is 0.0588. The van der Waals surface area contributed by atoms with E-state index in [4.69, 9.17) is 72.2 Å². The summed E-state index contributed by atoms with van der Waals surface area (Å²) in [5.74, 6) is -0.944. The normalized spacial score (nSPS) is 12.3. The lowest BCUT2D eigenvalue weighted by Crippen LogP contribution is -2.55. The highest BCUT2D eigenvalue weighted by Gasteiger charge is 2.43. The first-order valence-electron chi connectivity index (χ1n) is 20.6. The summed E-state index contributed by atoms with van der Waals surface area (Å²) in [7, 11) is 8.53. The summed E-state index contributed by atoms with van der Waals surface area (Å²) in [6.07, 6.45) is -9.70. The van der Waals surface area contributed by atoms with Crippen LogP contribution in [-0.2, 0) is 20.7 Å². The fraction of sp³-hybridized carbons (Fsp3) is 0.333. The van der Waals surface area contributed by atoms with E-state index in [1.54, 1.807) is 79.9 Å². The molecule has 73 heavy (non-hydrogen) atoms. The zero-order valence-electron chi connectivity index (χ0n) is 40.2. The third-order valence-corrected chi connectivity index (χ3v) is 11.9. The first kappa shape index (κ1) is 68.3. The summed E-state index contributed by atoms with van der Waals surface area (Å²) in [4.78, 5) is 51.0. The number of carbonyl (C=O) groups excluding carboxylic acids is 4. The van der Waals surface area contributed by atoms with E-state index in [1.807, 2.05) is 0 Å². The van der Waals surface area contributed by atoms with Crippen molar-refractivity contribution in [3.63, 3.8) is 0 Å². The first-order chi connectivity index (χ1) is 33.1. The fourth-order valence-corrected chi connectivity index (χ4v) is 7.47. The molecule has 0 fully saturated rings. The maximum absolute atomic E-state index is 13.3. The van der Waals surface area contributed by atoms with Gasteiger partial charge in [0.1, 0.15) is 12.8 Å². The summed E-state index contributed by atoms with van der Waals surface area (Å²) in [6, 6.07) is 22.7. The van der Waals surface area contributed by atoms with Crippen LogP contribution in [0.5, 0.6) is 23.0 Å². The van der Waals surface area contributed by atoms with Gasteiger partial charge in [-0.25, -0.2) is 9.59 Å². The molecule has 0 saturated carbocycles. The second-order valence-electron chi connectivity index (χ2n) is 15.3. The number of methoxy groups -OCH3 is 2. The van der Waals surface area contributed by atoms with Gasteiger partial charge in [0, 0.05) is 45.8 Å². The van der Waals surface area contributed by atoms with Crippen LogP contribution in [0.25, 0.3) is 0 Å². The largest absolute Gasteiger partial charge is 0.493 e. The summed E-state index contributed by atoms with van der Waals surface area (Å²) in [5.41, 5.74) is -1.99. The molecule has 0 unspecified atom stereocenters. The molecule has 4 aromatic carbocycles. The van der Waals surface area contributed by atoms with Crippen molar-refractivity contribution in [1.29, 1.82) is 0 Å². The molecule has 2 atom stereocenters. The number of nitrogens with zero attached hydrogens (tertiary/aromatic N) is 3. The van der Waals surface area contributed by atoms with Crippen molar-refractivity contribution in [3.05, 3.63) is 141 Å². The van der Waals surface area contributed by atoms with Crippen LogP contribution in [0, 0.1) is 0 Å². The summed E-state index contributed by atoms with van der Waals surface area (Å²) >= 11 is 29.3. The van der Waals surface area contributed by atoms with Crippen molar-refractivity contribution < 1.29 is 64.5 Å². The highest BCUT2D eigenvalue weighted by atomic mass is 35.5. The van der Waals surface area contributed by atoms with Crippen LogP contribution in [0.4, 0.5) is 35.9 Å². The number of hydrogen-bond donors (Lipinski definition) is 1. The van der Waals surface area contributed by atoms with Crippen LogP contribution in [0.3, 0.4) is 0 Å². The van der Waals surface area contributed by atoms with Gasteiger partial charge in [0.25, 0.3) is 0 Å². The molecule has 0 aliphatic carbocycles. The number of ether oxygens (including phenoxy) is 4. The zero-order valence-corrected chi connectivity index (χ0v) is 45.9. The average Bonchev–Trinajstić information content (AvgIpc) is 3.29. The number of hydrogen-bond acceptors (Lipinski definition) is 9. The van der Waals surface area contributed by atoms with Gasteiger partial charge < -0.3 is 34.1 Å². The minimum Gasteiger partial charge on any atom is -0.493 e. The van der Waals surface area contributed by atoms with Gasteiger partial charge in [-0.3, -0.25) is 14.5 Å². The Kier molecular flexibility index (Phi) is 29.3. The maximum atomic E-state index is 13.3. The molecule has 3 amide bonds. The second-order valence-corrected chi connectivity index (χ2v) is 17.2. The van der Waals surface area contributed by atoms with Gasteiger partial charge in [-0.05, 0) is 79.5 Å². The second kappa shape index (κ2) is 31.3. The SMILES string of the molecule is C=CC[C@@](CN(C)C(=O)CC(F)(F)F)(c1ccc(Cl)c(Cl)c1)N(C)C(=O)Oc1ccccc1OC.C=CC[C@](CN(C)C(=O)CC(F)(F)F)(NC)c1ccc(Cl)c(Cl)c1.COc1ccccc1OC(=O)Cl.S.S. The number of nitrogens with one attached hydrogen (secondary N) is 1. The molecule has 12 nitrogen and oxygen atoms in total. The van der Waals surface area contributed by atoms with E-state index in [0.29, 0.717) is 44.8 Å². The number of alkyl halides is 6. The van der Waals surface area contributed by atoms with Gasteiger partial charge in [0.05, 0.1) is 45.4 Å². The Labute approximate surface area is 459 Å². The molecule has 0 bridgehead atoms. The molecule has 0 aliphatic heterocycles. The lowest BCUT2D eigenvalue weighted by Gasteiger charge is -2.43. The van der Waals surface area contributed by atoms with Crippen molar-refractivity contribution >= 4 is 108 Å². The topological polar surface area (TPSA) is 127 Å². The van der Waals surface area contributed by atoms with Crippen LogP contribution < -0.4 is 24.3 Å². The van der Waals surface area contributed by atoms with E-state index in [0.717, 1.165) is 9.80 Å². The van der Waals surface area contributed by atoms with Gasteiger partial charge in [-0.2, -0.15) is 53.3 Å². The smallest absolute Gasteiger partial charge is 0.415 e. The summed E-state index contributed by atoms with van der Waals surface area (Å²) < 4.78 is 96.2. The van der Waals surface area contributed by atoms with Gasteiger partial charge in [0.2, 0.25) is 11.8 Å². The summed E-state index contributed by atoms with van der Waals surface area (Å²) in [6.45, 7) is 7.12. The molecule has 4 aromatic rings. The summed E-state index contributed by atoms with van der Waals surface area (Å²) in [5, 5.41) is 4.17. The third kappa shape index (κ3) is 21.2. The van der Waals surface area contributed by atoms with Gasteiger partial charge >= 0.3 is 23.9 Å². The Bertz CT molecular complexity index is 2480. The number of para-hydroxylation sites is 4. The van der Waals surface area contributed by atoms with E-state index >= 15 is 0 Å².